The first kappa shape index (κ1) is 18.8. The summed E-state index contributed by atoms with van der Waals surface area (Å²) in [7, 11) is 0. The second kappa shape index (κ2) is 7.55. The predicted molar refractivity (Wildman–Crippen MR) is 91.2 cm³/mol. The average molecular weight is 348 g/mol. The number of hydrogen-bond donors (Lipinski definition) is 2. The van der Waals surface area contributed by atoms with Crippen molar-refractivity contribution in [1.29, 1.82) is 0 Å². The summed E-state index contributed by atoms with van der Waals surface area (Å²) in [4.78, 5) is 37.8. The number of carboxylic acid groups (broad SMARTS) is 1. The number of carboxylic acids is 1. The first-order chi connectivity index (χ1) is 11.7. The van der Waals surface area contributed by atoms with E-state index < -0.39 is 35.5 Å². The predicted octanol–water partition coefficient (Wildman–Crippen LogP) is 2.27. The van der Waals surface area contributed by atoms with Gasteiger partial charge in [0.25, 0.3) is 0 Å². The van der Waals surface area contributed by atoms with E-state index >= 15 is 0 Å². The zero-order chi connectivity index (χ0) is 18.6. The summed E-state index contributed by atoms with van der Waals surface area (Å²) in [6.45, 7) is 5.80. The molecule has 0 saturated carbocycles. The first-order valence-corrected chi connectivity index (χ1v) is 8.27. The Morgan fingerprint density at radius 2 is 1.88 bits per heavy atom. The summed E-state index contributed by atoms with van der Waals surface area (Å²) in [5.74, 6) is -1.06. The standard InChI is InChI=1S/C18H24N2O5/c1-18(2,3)14(15(21)20-11-7-10-13(20)16(22)23)19-17(24)25-12-8-5-4-6-9-12/h4-6,8-9,13-14H,7,10-11H2,1-3H3,(H,19,24)(H,22,23). The molecule has 2 rings (SSSR count). The Hall–Kier alpha value is -2.57. The maximum atomic E-state index is 12.9. The van der Waals surface area contributed by atoms with E-state index in [-0.39, 0.29) is 0 Å². The van der Waals surface area contributed by atoms with Crippen LogP contribution in [0, 0.1) is 5.41 Å². The lowest BCUT2D eigenvalue weighted by Gasteiger charge is -2.34. The number of nitrogens with one attached hydrogen (secondary N) is 1. The lowest BCUT2D eigenvalue weighted by Crippen LogP contribution is -2.57. The Morgan fingerprint density at radius 3 is 2.44 bits per heavy atom. The van der Waals surface area contributed by atoms with Crippen LogP contribution in [0.4, 0.5) is 4.79 Å². The minimum Gasteiger partial charge on any atom is -0.480 e. The van der Waals surface area contributed by atoms with Gasteiger partial charge in [-0.1, -0.05) is 39.0 Å². The van der Waals surface area contributed by atoms with Crippen molar-refractivity contribution < 1.29 is 24.2 Å². The van der Waals surface area contributed by atoms with Gasteiger partial charge in [0, 0.05) is 6.54 Å². The summed E-state index contributed by atoms with van der Waals surface area (Å²) >= 11 is 0. The summed E-state index contributed by atoms with van der Waals surface area (Å²) in [6.07, 6.45) is 0.311. The van der Waals surface area contributed by atoms with Crippen LogP contribution in [0.1, 0.15) is 33.6 Å². The van der Waals surface area contributed by atoms with Gasteiger partial charge in [0.2, 0.25) is 5.91 Å². The van der Waals surface area contributed by atoms with E-state index in [1.807, 2.05) is 20.8 Å². The van der Waals surface area contributed by atoms with E-state index in [0.717, 1.165) is 0 Å². The molecule has 0 radical (unpaired) electrons. The van der Waals surface area contributed by atoms with Crippen LogP contribution in [-0.4, -0.2) is 46.6 Å². The largest absolute Gasteiger partial charge is 0.480 e. The molecular formula is C18H24N2O5. The van der Waals surface area contributed by atoms with Gasteiger partial charge in [-0.05, 0) is 30.4 Å². The molecule has 25 heavy (non-hydrogen) atoms. The molecule has 2 amide bonds. The molecule has 1 aromatic rings. The van der Waals surface area contributed by atoms with Crippen molar-refractivity contribution in [3.8, 4) is 5.75 Å². The number of amides is 2. The van der Waals surface area contributed by atoms with Gasteiger partial charge in [0.05, 0.1) is 0 Å². The highest BCUT2D eigenvalue weighted by atomic mass is 16.6. The van der Waals surface area contributed by atoms with E-state index in [4.69, 9.17) is 4.74 Å². The zero-order valence-corrected chi connectivity index (χ0v) is 14.7. The molecule has 2 N–H and O–H groups in total. The third-order valence-corrected chi connectivity index (χ3v) is 4.15. The van der Waals surface area contributed by atoms with Gasteiger partial charge >= 0.3 is 12.1 Å². The number of carbonyl (C=O) groups is 3. The zero-order valence-electron chi connectivity index (χ0n) is 14.7. The fourth-order valence-electron chi connectivity index (χ4n) is 2.84. The van der Waals surface area contributed by atoms with Crippen LogP contribution in [-0.2, 0) is 9.59 Å². The molecule has 1 saturated heterocycles. The van der Waals surface area contributed by atoms with Crippen molar-refractivity contribution in [3.63, 3.8) is 0 Å². The highest BCUT2D eigenvalue weighted by Gasteiger charge is 2.42. The summed E-state index contributed by atoms with van der Waals surface area (Å²) in [5.41, 5.74) is -0.599. The molecule has 0 bridgehead atoms. The smallest absolute Gasteiger partial charge is 0.413 e. The molecule has 7 nitrogen and oxygen atoms in total. The molecule has 2 atom stereocenters. The number of likely N-dealkylation sites (tertiary alicyclic amines) is 1. The highest BCUT2D eigenvalue weighted by Crippen LogP contribution is 2.26. The van der Waals surface area contributed by atoms with Gasteiger partial charge in [-0.25, -0.2) is 9.59 Å². The van der Waals surface area contributed by atoms with E-state index in [0.29, 0.717) is 25.1 Å². The second-order valence-electron chi connectivity index (χ2n) is 7.17. The maximum absolute atomic E-state index is 12.9. The minimum atomic E-state index is -1.02. The molecule has 0 aromatic heterocycles. The van der Waals surface area contributed by atoms with Crippen molar-refractivity contribution in [1.82, 2.24) is 10.2 Å². The number of para-hydroxylation sites is 1. The lowest BCUT2D eigenvalue weighted by molar-refractivity contribution is -0.150. The van der Waals surface area contributed by atoms with Gasteiger partial charge < -0.3 is 20.1 Å². The maximum Gasteiger partial charge on any atom is 0.413 e. The molecule has 1 aromatic carbocycles. The molecule has 1 aliphatic rings. The van der Waals surface area contributed by atoms with Crippen molar-refractivity contribution in [2.75, 3.05) is 6.54 Å². The molecule has 7 heteroatoms. The van der Waals surface area contributed by atoms with Crippen LogP contribution in [0.2, 0.25) is 0 Å². The molecule has 1 aliphatic heterocycles. The fraction of sp³-hybridized carbons (Fsp3) is 0.500. The number of carbonyl (C=O) groups excluding carboxylic acids is 2. The van der Waals surface area contributed by atoms with Gasteiger partial charge in [-0.3, -0.25) is 4.79 Å². The first-order valence-electron chi connectivity index (χ1n) is 8.27. The van der Waals surface area contributed by atoms with Crippen molar-refractivity contribution in [3.05, 3.63) is 30.3 Å². The third-order valence-electron chi connectivity index (χ3n) is 4.15. The quantitative estimate of drug-likeness (QED) is 0.870. The molecule has 1 fully saturated rings. The Labute approximate surface area is 147 Å². The van der Waals surface area contributed by atoms with Crippen molar-refractivity contribution in [2.24, 2.45) is 5.41 Å². The van der Waals surface area contributed by atoms with Crippen LogP contribution in [0.15, 0.2) is 30.3 Å². The van der Waals surface area contributed by atoms with Gasteiger partial charge in [0.15, 0.2) is 0 Å². The number of ether oxygens (including phenoxy) is 1. The van der Waals surface area contributed by atoms with Crippen LogP contribution < -0.4 is 10.1 Å². The van der Waals surface area contributed by atoms with Crippen LogP contribution in [0.5, 0.6) is 5.75 Å². The molecule has 0 spiro atoms. The summed E-state index contributed by atoms with van der Waals surface area (Å²) in [5, 5.41) is 11.9. The van der Waals surface area contributed by atoms with Crippen molar-refractivity contribution in [2.45, 2.75) is 45.7 Å². The Bertz CT molecular complexity index is 639. The minimum absolute atomic E-state index is 0.365. The van der Waals surface area contributed by atoms with E-state index in [1.165, 1.54) is 4.90 Å². The average Bonchev–Trinajstić information content (AvgIpc) is 3.02. The van der Waals surface area contributed by atoms with Gasteiger partial charge in [-0.2, -0.15) is 0 Å². The Balaban J connectivity index is 2.12. The summed E-state index contributed by atoms with van der Waals surface area (Å²) < 4.78 is 5.19. The topological polar surface area (TPSA) is 95.9 Å². The number of rotatable bonds is 4. The second-order valence-corrected chi connectivity index (χ2v) is 7.17. The number of benzene rings is 1. The number of hydrogen-bond acceptors (Lipinski definition) is 4. The van der Waals surface area contributed by atoms with Gasteiger partial charge in [-0.15, -0.1) is 0 Å². The normalized spacial score (nSPS) is 18.5. The fourth-order valence-corrected chi connectivity index (χ4v) is 2.84. The Morgan fingerprint density at radius 1 is 1.24 bits per heavy atom. The molecule has 0 aliphatic carbocycles. The van der Waals surface area contributed by atoms with Gasteiger partial charge in [0.1, 0.15) is 17.8 Å². The SMILES string of the molecule is CC(C)(C)C(NC(=O)Oc1ccccc1)C(=O)N1CCCC1C(=O)O. The molecular weight excluding hydrogens is 324 g/mol. The number of nitrogens with zero attached hydrogens (tertiary/aromatic N) is 1. The molecule has 2 unspecified atom stereocenters. The van der Waals surface area contributed by atoms with Crippen LogP contribution >= 0.6 is 0 Å². The Kier molecular flexibility index (Phi) is 5.66. The van der Waals surface area contributed by atoms with Crippen LogP contribution in [0.25, 0.3) is 0 Å². The van der Waals surface area contributed by atoms with Crippen LogP contribution in [0.3, 0.4) is 0 Å². The van der Waals surface area contributed by atoms with E-state index in [2.05, 4.69) is 5.32 Å². The third kappa shape index (κ3) is 4.71. The van der Waals surface area contributed by atoms with E-state index in [1.54, 1.807) is 30.3 Å². The molecule has 136 valence electrons. The molecule has 1 heterocycles. The van der Waals surface area contributed by atoms with E-state index in [9.17, 15) is 19.5 Å². The number of aliphatic carboxylic acids is 1. The lowest BCUT2D eigenvalue weighted by atomic mass is 9.85. The monoisotopic (exact) mass is 348 g/mol. The summed E-state index contributed by atoms with van der Waals surface area (Å²) in [6, 6.07) is 6.80. The van der Waals surface area contributed by atoms with Crippen molar-refractivity contribution >= 4 is 18.0 Å². The highest BCUT2D eigenvalue weighted by molar-refractivity contribution is 5.90.